The first-order valence-electron chi connectivity index (χ1n) is 7.44. The van der Waals surface area contributed by atoms with Crippen LogP contribution in [0.3, 0.4) is 0 Å². The van der Waals surface area contributed by atoms with Crippen LogP contribution in [0, 0.1) is 0 Å². The molecule has 3 N–H and O–H groups in total. The zero-order valence-corrected chi connectivity index (χ0v) is 28.6. The van der Waals surface area contributed by atoms with Gasteiger partial charge < -0.3 is 43.6 Å². The van der Waals surface area contributed by atoms with E-state index in [9.17, 15) is 53.1 Å². The topological polar surface area (TPSA) is 270 Å². The third kappa shape index (κ3) is 13.2. The molecule has 6 atom stereocenters. The van der Waals surface area contributed by atoms with Crippen molar-refractivity contribution in [2.75, 3.05) is 13.2 Å². The van der Waals surface area contributed by atoms with Crippen molar-refractivity contribution in [2.45, 2.75) is 31.0 Å². The average Bonchev–Trinajstić information content (AvgIpc) is 2.78. The van der Waals surface area contributed by atoms with Crippen LogP contribution in [0.4, 0.5) is 4.79 Å². The smallest absolute Gasteiger partial charge is 0.790 e. The number of amides is 3. The molecule has 0 saturated carbocycles. The predicted molar refractivity (Wildman–Crippen MR) is 76.5 cm³/mol. The minimum absolute atomic E-state index is 0. The summed E-state index contributed by atoms with van der Waals surface area (Å²) >= 11 is 0. The van der Waals surface area contributed by atoms with Gasteiger partial charge in [0, 0.05) is 13.0 Å². The van der Waals surface area contributed by atoms with E-state index in [2.05, 4.69) is 13.1 Å². The minimum Gasteiger partial charge on any atom is -0.790 e. The van der Waals surface area contributed by atoms with Gasteiger partial charge in [0.2, 0.25) is 5.91 Å². The van der Waals surface area contributed by atoms with Gasteiger partial charge >= 0.3 is 124 Å². The van der Waals surface area contributed by atoms with Gasteiger partial charge in [-0.3, -0.25) is 28.5 Å². The first kappa shape index (κ1) is 40.7. The molecule has 2 unspecified atom stereocenters. The fraction of sp³-hybridized carbons (Fsp3) is 0.778. The third-order valence-electron chi connectivity index (χ3n) is 3.53. The predicted octanol–water partition coefficient (Wildman–Crippen LogP) is -16.8. The number of nitrogens with one attached hydrogen (secondary N) is 1. The number of imide groups is 1. The Labute approximate surface area is 275 Å². The molecule has 33 heavy (non-hydrogen) atoms. The van der Waals surface area contributed by atoms with Crippen LogP contribution >= 0.6 is 23.5 Å². The van der Waals surface area contributed by atoms with Crippen LogP contribution in [0.2, 0.25) is 0 Å². The van der Waals surface area contributed by atoms with E-state index in [4.69, 9.17) is 4.74 Å². The van der Waals surface area contributed by atoms with Crippen molar-refractivity contribution in [2.24, 2.45) is 0 Å². The summed E-state index contributed by atoms with van der Waals surface area (Å²) in [5.74, 6) is -0.589. The van der Waals surface area contributed by atoms with Gasteiger partial charge in [-0.2, -0.15) is 0 Å². The zero-order valence-electron chi connectivity index (χ0n) is 17.9. The molecule has 3 amide bonds. The second kappa shape index (κ2) is 16.4. The van der Waals surface area contributed by atoms with Crippen molar-refractivity contribution in [3.05, 3.63) is 0 Å². The Morgan fingerprint density at radius 1 is 0.970 bits per heavy atom. The maximum Gasteiger partial charge on any atom is 1.00 e. The van der Waals surface area contributed by atoms with Gasteiger partial charge in [0.15, 0.2) is 6.23 Å². The maximum absolute atomic E-state index is 11.8. The van der Waals surface area contributed by atoms with Gasteiger partial charge in [0.05, 0.1) is 14.4 Å². The van der Waals surface area contributed by atoms with Crippen LogP contribution < -0.4 is 143 Å². The molecule has 2 fully saturated rings. The van der Waals surface area contributed by atoms with E-state index >= 15 is 0 Å². The average molecular weight is 574 g/mol. The van der Waals surface area contributed by atoms with Crippen molar-refractivity contribution in [1.82, 2.24) is 10.2 Å². The third-order valence-corrected chi connectivity index (χ3v) is 7.19. The van der Waals surface area contributed by atoms with Gasteiger partial charge in [-0.1, -0.05) is 0 Å². The Bertz CT molecular complexity index is 815. The number of rotatable bonds is 8. The number of hydrogen-bond acceptors (Lipinski definition) is 15. The summed E-state index contributed by atoms with van der Waals surface area (Å²) in [5, 5.41) is 21.8. The normalized spacial score (nSPS) is 28.6. The Morgan fingerprint density at radius 3 is 2.00 bits per heavy atom. The van der Waals surface area contributed by atoms with E-state index < -0.39 is 66.6 Å². The van der Waals surface area contributed by atoms with E-state index in [0.29, 0.717) is 0 Å². The number of aliphatic hydroxyl groups is 2. The number of urea groups is 1. The van der Waals surface area contributed by atoms with Gasteiger partial charge in [-0.25, -0.2) is 9.11 Å². The second-order valence-electron chi connectivity index (χ2n) is 5.64. The summed E-state index contributed by atoms with van der Waals surface area (Å²) in [6, 6.07) is -0.944. The first-order chi connectivity index (χ1) is 13.1. The van der Waals surface area contributed by atoms with Crippen molar-refractivity contribution in [3.8, 4) is 0 Å². The molecule has 0 bridgehead atoms. The van der Waals surface area contributed by atoms with Gasteiger partial charge in [-0.05, 0) is 0 Å². The molecule has 0 aromatic heterocycles. The van der Waals surface area contributed by atoms with Crippen LogP contribution in [0.5, 0.6) is 0 Å². The number of phosphoric ester groups is 1. The molecule has 0 spiro atoms. The molecule has 168 valence electrons. The Morgan fingerprint density at radius 2 is 1.52 bits per heavy atom. The van der Waals surface area contributed by atoms with Crippen molar-refractivity contribution >= 4 is 35.4 Å². The molecule has 0 aromatic rings. The largest absolute Gasteiger partial charge is 1.00 e. The van der Waals surface area contributed by atoms with E-state index in [1.54, 1.807) is 0 Å². The van der Waals surface area contributed by atoms with Crippen LogP contribution in [0.25, 0.3) is 0 Å². The monoisotopic (exact) mass is 574 g/mol. The molecule has 2 heterocycles. The number of aliphatic hydroxyl groups excluding tert-OH is 2. The maximum atomic E-state index is 11.8. The molecule has 0 aliphatic carbocycles. The minimum atomic E-state index is -6.16. The summed E-state index contributed by atoms with van der Waals surface area (Å²) in [6.45, 7) is -1.33. The standard InChI is InChI=1S/C9H17N2O15P3.4Na/c12-5-1-2-11(9(15)10-5)8-7(14)6(13)4(24-8)3-23-28(19,20)26-29(21,22)25-27(16,17)18;;;;/h4,6-8,13-14H,1-3H2,(H,19,20)(H,21,22)(H,10,12,15)(H2,16,17,18);;;;/q;4*+1/p-4/t4-,6-,7-,8-;;;;/m1..../s1. The molecule has 2 aliphatic heterocycles. The number of hydrogen-bond donors (Lipinski definition) is 3. The fourth-order valence-corrected chi connectivity index (χ4v) is 5.26. The number of carbonyl (C=O) groups excluding carboxylic acids is 2. The van der Waals surface area contributed by atoms with Crippen LogP contribution in [-0.4, -0.2) is 64.7 Å². The molecular weight excluding hydrogens is 561 g/mol. The molecule has 2 rings (SSSR count). The summed E-state index contributed by atoms with van der Waals surface area (Å²) in [7, 11) is -18.1. The first-order valence-corrected chi connectivity index (χ1v) is 11.8. The molecular formula is C9H13N2Na4O15P3. The molecule has 0 aromatic carbocycles. The molecule has 24 heteroatoms. The van der Waals surface area contributed by atoms with Crippen LogP contribution in [0.1, 0.15) is 6.42 Å². The molecule has 17 nitrogen and oxygen atoms in total. The zero-order chi connectivity index (χ0) is 22.2. The summed E-state index contributed by atoms with van der Waals surface area (Å²) < 4.78 is 48.3. The summed E-state index contributed by atoms with van der Waals surface area (Å²) in [5.41, 5.74) is 0. The van der Waals surface area contributed by atoms with E-state index in [1.165, 1.54) is 0 Å². The molecule has 2 aliphatic rings. The number of carbonyl (C=O) groups is 2. The van der Waals surface area contributed by atoms with E-state index in [0.717, 1.165) is 4.90 Å². The second-order valence-corrected chi connectivity index (χ2v) is 9.89. The van der Waals surface area contributed by atoms with Gasteiger partial charge in [0.25, 0.3) is 15.6 Å². The number of ether oxygens (including phenoxy) is 1. The van der Waals surface area contributed by atoms with E-state index in [1.807, 2.05) is 5.32 Å². The Kier molecular flexibility index (Phi) is 20.2. The van der Waals surface area contributed by atoms with E-state index in [-0.39, 0.29) is 131 Å². The molecule has 0 radical (unpaired) electrons. The van der Waals surface area contributed by atoms with Crippen molar-refractivity contribution < 1.29 is 189 Å². The van der Waals surface area contributed by atoms with Crippen molar-refractivity contribution in [1.29, 1.82) is 0 Å². The van der Waals surface area contributed by atoms with Crippen molar-refractivity contribution in [3.63, 3.8) is 0 Å². The number of phosphoric acid groups is 3. The fourth-order valence-electron chi connectivity index (χ4n) is 2.39. The van der Waals surface area contributed by atoms with Crippen LogP contribution in [-0.2, 0) is 36.4 Å². The quantitative estimate of drug-likeness (QED) is 0.179. The summed E-state index contributed by atoms with van der Waals surface area (Å²) in [4.78, 5) is 66.7. The van der Waals surface area contributed by atoms with Gasteiger partial charge in [0.1, 0.15) is 18.3 Å². The molecule has 2 saturated heterocycles. The van der Waals surface area contributed by atoms with Gasteiger partial charge in [-0.15, -0.1) is 0 Å². The Hall–Kier alpha value is 3.23. The number of nitrogens with zero attached hydrogens (tertiary/aromatic N) is 1. The Balaban J connectivity index is -0.00000225. The SMILES string of the molecule is O=C1CCN([C@@H]2O[C@H](COP(=O)([O-])OP(=O)([O-])OP(=O)([O-])[O-])[C@@H](O)[C@H]2O)C(=O)N1.[Na+].[Na+].[Na+].[Na+]. The van der Waals surface area contributed by atoms with Crippen LogP contribution in [0.15, 0.2) is 0 Å². The summed E-state index contributed by atoms with van der Waals surface area (Å²) in [6.07, 6.45) is -6.83.